The largest absolute Gasteiger partial charge is 0.493 e. The molecule has 0 spiro atoms. The lowest BCUT2D eigenvalue weighted by Crippen LogP contribution is -2.09. The van der Waals surface area contributed by atoms with Gasteiger partial charge in [0.15, 0.2) is 0 Å². The van der Waals surface area contributed by atoms with E-state index in [1.54, 1.807) is 36.4 Å². The topological polar surface area (TPSA) is 61.6 Å². The minimum Gasteiger partial charge on any atom is -0.493 e. The molecule has 2 rings (SSSR count). The Morgan fingerprint density at radius 3 is 2.55 bits per heavy atom. The van der Waals surface area contributed by atoms with Crippen LogP contribution in [0.1, 0.15) is 16.8 Å². The number of carbonyl (C=O) groups is 1. The summed E-state index contributed by atoms with van der Waals surface area (Å²) in [6.07, 6.45) is 0.632. The third-order valence-corrected chi connectivity index (χ3v) is 2.66. The van der Waals surface area contributed by atoms with Gasteiger partial charge >= 0.3 is 5.97 Å². The Hall–Kier alpha value is -2.49. The molecule has 0 amide bonds. The summed E-state index contributed by atoms with van der Waals surface area (Å²) in [6.45, 7) is 0.807. The first-order valence-electron chi connectivity index (χ1n) is 6.46. The van der Waals surface area contributed by atoms with Crippen LogP contribution in [0, 0.1) is 0 Å². The van der Waals surface area contributed by atoms with Crippen LogP contribution < -0.4 is 10.5 Å². The molecule has 0 aromatic heterocycles. The van der Waals surface area contributed by atoms with Gasteiger partial charge in [0, 0.05) is 18.2 Å². The van der Waals surface area contributed by atoms with E-state index < -0.39 is 0 Å². The van der Waals surface area contributed by atoms with Crippen molar-refractivity contribution in [3.63, 3.8) is 0 Å². The van der Waals surface area contributed by atoms with Crippen molar-refractivity contribution in [3.05, 3.63) is 60.2 Å². The van der Waals surface area contributed by atoms with E-state index in [-0.39, 0.29) is 5.97 Å². The molecule has 0 bridgehead atoms. The summed E-state index contributed by atoms with van der Waals surface area (Å²) in [6, 6.07) is 16.2. The van der Waals surface area contributed by atoms with Crippen molar-refractivity contribution in [1.82, 2.24) is 0 Å². The van der Waals surface area contributed by atoms with Crippen LogP contribution in [0.3, 0.4) is 0 Å². The second kappa shape index (κ2) is 7.19. The van der Waals surface area contributed by atoms with Crippen molar-refractivity contribution in [2.75, 3.05) is 18.9 Å². The summed E-state index contributed by atoms with van der Waals surface area (Å²) in [7, 11) is 0. The smallest absolute Gasteiger partial charge is 0.338 e. The molecule has 20 heavy (non-hydrogen) atoms. The predicted octanol–water partition coefficient (Wildman–Crippen LogP) is 2.89. The molecule has 2 aromatic rings. The van der Waals surface area contributed by atoms with Crippen LogP contribution in [-0.2, 0) is 4.74 Å². The van der Waals surface area contributed by atoms with Crippen LogP contribution >= 0.6 is 0 Å². The minimum absolute atomic E-state index is 0.311. The lowest BCUT2D eigenvalue weighted by molar-refractivity contribution is 0.0486. The number of benzene rings is 2. The summed E-state index contributed by atoms with van der Waals surface area (Å²) >= 11 is 0. The molecule has 4 heteroatoms. The monoisotopic (exact) mass is 271 g/mol. The molecule has 0 radical (unpaired) electrons. The molecule has 0 heterocycles. The zero-order valence-corrected chi connectivity index (χ0v) is 11.1. The van der Waals surface area contributed by atoms with E-state index in [2.05, 4.69) is 0 Å². The summed E-state index contributed by atoms with van der Waals surface area (Å²) < 4.78 is 10.6. The van der Waals surface area contributed by atoms with Crippen molar-refractivity contribution < 1.29 is 14.3 Å². The van der Waals surface area contributed by atoms with E-state index in [0.29, 0.717) is 30.9 Å². The summed E-state index contributed by atoms with van der Waals surface area (Å²) in [5.41, 5.74) is 6.87. The molecule has 2 N–H and O–H groups in total. The lowest BCUT2D eigenvalue weighted by atomic mass is 10.2. The first kappa shape index (κ1) is 13.9. The van der Waals surface area contributed by atoms with Crippen molar-refractivity contribution >= 4 is 11.7 Å². The number of hydrogen-bond donors (Lipinski definition) is 1. The van der Waals surface area contributed by atoms with Gasteiger partial charge in [-0.1, -0.05) is 24.3 Å². The Balaban J connectivity index is 1.66. The van der Waals surface area contributed by atoms with E-state index >= 15 is 0 Å². The van der Waals surface area contributed by atoms with E-state index in [1.165, 1.54) is 0 Å². The molecule has 0 atom stereocenters. The number of hydrogen-bond acceptors (Lipinski definition) is 4. The highest BCUT2D eigenvalue weighted by atomic mass is 16.5. The molecular formula is C16H17NO3. The van der Waals surface area contributed by atoms with Gasteiger partial charge in [-0.05, 0) is 24.3 Å². The quantitative estimate of drug-likeness (QED) is 0.498. The third-order valence-electron chi connectivity index (χ3n) is 2.66. The van der Waals surface area contributed by atoms with Crippen LogP contribution in [0.15, 0.2) is 54.6 Å². The summed E-state index contributed by atoms with van der Waals surface area (Å²) in [4.78, 5) is 11.6. The molecule has 4 nitrogen and oxygen atoms in total. The first-order valence-corrected chi connectivity index (χ1v) is 6.46. The van der Waals surface area contributed by atoms with Gasteiger partial charge in [-0.25, -0.2) is 4.79 Å². The Bertz CT molecular complexity index is 555. The molecular weight excluding hydrogens is 254 g/mol. The third kappa shape index (κ3) is 4.31. The second-order valence-corrected chi connectivity index (χ2v) is 4.28. The highest BCUT2D eigenvalue weighted by molar-refractivity contribution is 5.89. The number of anilines is 1. The standard InChI is InChI=1S/C16H17NO3/c17-14-8-4-9-15(12-14)19-10-5-11-20-16(18)13-6-2-1-3-7-13/h1-4,6-9,12H,5,10-11,17H2. The van der Waals surface area contributed by atoms with Gasteiger partial charge in [-0.3, -0.25) is 0 Å². The zero-order chi connectivity index (χ0) is 14.2. The number of nitrogen functional groups attached to an aromatic ring is 1. The molecule has 104 valence electrons. The van der Waals surface area contributed by atoms with Crippen molar-refractivity contribution in [2.45, 2.75) is 6.42 Å². The number of rotatable bonds is 6. The van der Waals surface area contributed by atoms with Crippen LogP contribution in [0.4, 0.5) is 5.69 Å². The molecule has 0 unspecified atom stereocenters. The Morgan fingerprint density at radius 1 is 1.00 bits per heavy atom. The van der Waals surface area contributed by atoms with Gasteiger partial charge in [-0.2, -0.15) is 0 Å². The fourth-order valence-corrected chi connectivity index (χ4v) is 1.68. The Morgan fingerprint density at radius 2 is 1.80 bits per heavy atom. The van der Waals surface area contributed by atoms with Gasteiger partial charge in [0.05, 0.1) is 18.8 Å². The van der Waals surface area contributed by atoms with Crippen molar-refractivity contribution in [1.29, 1.82) is 0 Å². The van der Waals surface area contributed by atoms with Crippen LogP contribution in [0.25, 0.3) is 0 Å². The minimum atomic E-state index is -0.311. The average molecular weight is 271 g/mol. The molecule has 2 aromatic carbocycles. The van der Waals surface area contributed by atoms with Gasteiger partial charge in [0.1, 0.15) is 5.75 Å². The van der Waals surface area contributed by atoms with E-state index in [1.807, 2.05) is 18.2 Å². The van der Waals surface area contributed by atoms with Crippen LogP contribution in [0.5, 0.6) is 5.75 Å². The molecule has 0 aliphatic carbocycles. The van der Waals surface area contributed by atoms with Crippen molar-refractivity contribution in [3.8, 4) is 5.75 Å². The second-order valence-electron chi connectivity index (χ2n) is 4.28. The Kier molecular flexibility index (Phi) is 5.00. The normalized spacial score (nSPS) is 10.0. The number of ether oxygens (including phenoxy) is 2. The maximum atomic E-state index is 11.6. The zero-order valence-electron chi connectivity index (χ0n) is 11.1. The Labute approximate surface area is 118 Å². The van der Waals surface area contributed by atoms with Crippen molar-refractivity contribution in [2.24, 2.45) is 0 Å². The van der Waals surface area contributed by atoms with E-state index in [9.17, 15) is 4.79 Å². The fraction of sp³-hybridized carbons (Fsp3) is 0.188. The van der Waals surface area contributed by atoms with Gasteiger partial charge in [0.25, 0.3) is 0 Å². The number of esters is 1. The predicted molar refractivity (Wildman–Crippen MR) is 77.7 cm³/mol. The summed E-state index contributed by atoms with van der Waals surface area (Å²) in [5.74, 6) is 0.411. The highest BCUT2D eigenvalue weighted by Gasteiger charge is 2.05. The molecule has 0 aliphatic rings. The molecule has 0 aliphatic heterocycles. The van der Waals surface area contributed by atoms with E-state index in [4.69, 9.17) is 15.2 Å². The average Bonchev–Trinajstić information content (AvgIpc) is 2.48. The summed E-state index contributed by atoms with van der Waals surface area (Å²) in [5, 5.41) is 0. The molecule has 0 saturated heterocycles. The van der Waals surface area contributed by atoms with E-state index in [0.717, 1.165) is 5.75 Å². The van der Waals surface area contributed by atoms with Crippen LogP contribution in [0.2, 0.25) is 0 Å². The maximum Gasteiger partial charge on any atom is 0.338 e. The maximum absolute atomic E-state index is 11.6. The lowest BCUT2D eigenvalue weighted by Gasteiger charge is -2.07. The van der Waals surface area contributed by atoms with Crippen LogP contribution in [-0.4, -0.2) is 19.2 Å². The van der Waals surface area contributed by atoms with Gasteiger partial charge in [-0.15, -0.1) is 0 Å². The van der Waals surface area contributed by atoms with Gasteiger partial charge in [0.2, 0.25) is 0 Å². The van der Waals surface area contributed by atoms with Gasteiger partial charge < -0.3 is 15.2 Å². The number of carbonyl (C=O) groups excluding carboxylic acids is 1. The fourth-order valence-electron chi connectivity index (χ4n) is 1.68. The molecule has 0 saturated carbocycles. The number of nitrogens with two attached hydrogens (primary N) is 1. The molecule has 0 fully saturated rings. The highest BCUT2D eigenvalue weighted by Crippen LogP contribution is 2.14. The SMILES string of the molecule is Nc1cccc(OCCCOC(=O)c2ccccc2)c1. The first-order chi connectivity index (χ1) is 9.75.